The molecule has 0 saturated carbocycles. The Balaban J connectivity index is 1.99. The smallest absolute Gasteiger partial charge is 0.0481 e. The highest BCUT2D eigenvalue weighted by molar-refractivity contribution is 5.63. The van der Waals surface area contributed by atoms with Gasteiger partial charge in [0, 0.05) is 19.1 Å². The Morgan fingerprint density at radius 1 is 0.727 bits per heavy atom. The van der Waals surface area contributed by atoms with Crippen molar-refractivity contribution in [1.82, 2.24) is 0 Å². The first-order valence-corrected chi connectivity index (χ1v) is 8.16. The lowest BCUT2D eigenvalue weighted by atomic mass is 9.98. The van der Waals surface area contributed by atoms with E-state index in [1.54, 1.807) is 0 Å². The standard InChI is InChI=1S/C20H26O2/c1-2-3-16-6-10-19(11-7-16)20-12-8-17(9-13-20)4-5-18(14-21)15-22/h6-13,18,21-22H,2-5,14-15H2,1H3. The number of hydrogen-bond donors (Lipinski definition) is 2. The maximum Gasteiger partial charge on any atom is 0.0481 e. The van der Waals surface area contributed by atoms with Crippen molar-refractivity contribution in [3.63, 3.8) is 0 Å². The zero-order chi connectivity index (χ0) is 15.8. The van der Waals surface area contributed by atoms with Crippen LogP contribution in [0, 0.1) is 5.92 Å². The summed E-state index contributed by atoms with van der Waals surface area (Å²) in [6.45, 7) is 2.31. The van der Waals surface area contributed by atoms with E-state index in [4.69, 9.17) is 10.2 Å². The molecule has 2 aromatic carbocycles. The Kier molecular flexibility index (Phi) is 6.63. The zero-order valence-corrected chi connectivity index (χ0v) is 13.3. The lowest BCUT2D eigenvalue weighted by Crippen LogP contribution is -2.11. The number of aliphatic hydroxyl groups excluding tert-OH is 2. The minimum absolute atomic E-state index is 0.00853. The molecule has 0 unspecified atom stereocenters. The second kappa shape index (κ2) is 8.72. The largest absolute Gasteiger partial charge is 0.396 e. The summed E-state index contributed by atoms with van der Waals surface area (Å²) in [4.78, 5) is 0. The molecular formula is C20H26O2. The van der Waals surface area contributed by atoms with Crippen molar-refractivity contribution in [3.05, 3.63) is 59.7 Å². The molecule has 2 nitrogen and oxygen atoms in total. The first-order valence-electron chi connectivity index (χ1n) is 8.16. The van der Waals surface area contributed by atoms with Crippen LogP contribution in [-0.2, 0) is 12.8 Å². The minimum Gasteiger partial charge on any atom is -0.396 e. The molecule has 0 atom stereocenters. The van der Waals surface area contributed by atoms with Gasteiger partial charge in [0.25, 0.3) is 0 Å². The van der Waals surface area contributed by atoms with Crippen LogP contribution in [0.15, 0.2) is 48.5 Å². The van der Waals surface area contributed by atoms with Crippen molar-refractivity contribution < 1.29 is 10.2 Å². The van der Waals surface area contributed by atoms with Gasteiger partial charge >= 0.3 is 0 Å². The Bertz CT molecular complexity index is 539. The molecule has 0 aliphatic carbocycles. The number of rotatable bonds is 8. The fourth-order valence-electron chi connectivity index (χ4n) is 2.63. The van der Waals surface area contributed by atoms with E-state index in [9.17, 15) is 0 Å². The summed E-state index contributed by atoms with van der Waals surface area (Å²) in [6, 6.07) is 17.4. The minimum atomic E-state index is -0.00853. The second-order valence-corrected chi connectivity index (χ2v) is 5.91. The van der Waals surface area contributed by atoms with Crippen LogP contribution in [0.3, 0.4) is 0 Å². The van der Waals surface area contributed by atoms with Gasteiger partial charge < -0.3 is 10.2 Å². The van der Waals surface area contributed by atoms with E-state index in [1.165, 1.54) is 28.7 Å². The number of hydrogen-bond acceptors (Lipinski definition) is 2. The first kappa shape index (κ1) is 16.7. The van der Waals surface area contributed by atoms with Gasteiger partial charge in [-0.3, -0.25) is 0 Å². The van der Waals surface area contributed by atoms with Crippen LogP contribution in [0.2, 0.25) is 0 Å². The molecule has 0 aliphatic heterocycles. The Morgan fingerprint density at radius 3 is 1.59 bits per heavy atom. The molecule has 0 bridgehead atoms. The fraction of sp³-hybridized carbons (Fsp3) is 0.400. The summed E-state index contributed by atoms with van der Waals surface area (Å²) in [5.74, 6) is -0.00853. The average molecular weight is 298 g/mol. The molecule has 2 rings (SSSR count). The average Bonchev–Trinajstić information content (AvgIpc) is 2.57. The molecule has 0 saturated heterocycles. The number of benzene rings is 2. The quantitative estimate of drug-likeness (QED) is 0.777. The highest BCUT2D eigenvalue weighted by atomic mass is 16.3. The highest BCUT2D eigenvalue weighted by Gasteiger charge is 2.06. The van der Waals surface area contributed by atoms with E-state index in [2.05, 4.69) is 55.5 Å². The van der Waals surface area contributed by atoms with Crippen LogP contribution in [0.25, 0.3) is 11.1 Å². The number of aryl methyl sites for hydroxylation is 2. The summed E-state index contributed by atoms with van der Waals surface area (Å²) in [5.41, 5.74) is 5.11. The predicted octanol–water partition coefficient (Wildman–Crippen LogP) is 3.84. The van der Waals surface area contributed by atoms with Gasteiger partial charge in [-0.05, 0) is 41.5 Å². The van der Waals surface area contributed by atoms with Gasteiger partial charge in [-0.1, -0.05) is 61.9 Å². The third-order valence-electron chi connectivity index (χ3n) is 4.14. The van der Waals surface area contributed by atoms with Crippen molar-refractivity contribution in [3.8, 4) is 11.1 Å². The summed E-state index contributed by atoms with van der Waals surface area (Å²) in [5, 5.41) is 18.2. The maximum absolute atomic E-state index is 9.10. The van der Waals surface area contributed by atoms with Gasteiger partial charge in [-0.2, -0.15) is 0 Å². The monoisotopic (exact) mass is 298 g/mol. The molecule has 0 amide bonds. The predicted molar refractivity (Wildman–Crippen MR) is 91.9 cm³/mol. The van der Waals surface area contributed by atoms with Crippen molar-refractivity contribution in [2.24, 2.45) is 5.92 Å². The summed E-state index contributed by atoms with van der Waals surface area (Å²) in [7, 11) is 0. The van der Waals surface area contributed by atoms with Crippen molar-refractivity contribution >= 4 is 0 Å². The highest BCUT2D eigenvalue weighted by Crippen LogP contribution is 2.21. The van der Waals surface area contributed by atoms with Crippen LogP contribution < -0.4 is 0 Å². The van der Waals surface area contributed by atoms with Crippen LogP contribution in [0.1, 0.15) is 30.9 Å². The van der Waals surface area contributed by atoms with Crippen LogP contribution in [0.5, 0.6) is 0 Å². The van der Waals surface area contributed by atoms with E-state index in [0.717, 1.165) is 19.3 Å². The van der Waals surface area contributed by atoms with E-state index in [0.29, 0.717) is 0 Å². The Hall–Kier alpha value is -1.64. The molecule has 0 aliphatic rings. The molecular weight excluding hydrogens is 272 g/mol. The normalized spacial score (nSPS) is 11.1. The van der Waals surface area contributed by atoms with E-state index in [-0.39, 0.29) is 19.1 Å². The fourth-order valence-corrected chi connectivity index (χ4v) is 2.63. The van der Waals surface area contributed by atoms with E-state index < -0.39 is 0 Å². The summed E-state index contributed by atoms with van der Waals surface area (Å²) >= 11 is 0. The molecule has 0 fully saturated rings. The molecule has 118 valence electrons. The Labute approximate surface area is 133 Å². The van der Waals surface area contributed by atoms with Gasteiger partial charge in [-0.15, -0.1) is 0 Å². The van der Waals surface area contributed by atoms with Gasteiger partial charge in [0.1, 0.15) is 0 Å². The molecule has 0 heterocycles. The second-order valence-electron chi connectivity index (χ2n) is 5.91. The SMILES string of the molecule is CCCc1ccc(-c2ccc(CCC(CO)CO)cc2)cc1. The molecule has 0 radical (unpaired) electrons. The van der Waals surface area contributed by atoms with Crippen LogP contribution in [-0.4, -0.2) is 23.4 Å². The first-order chi connectivity index (χ1) is 10.8. The van der Waals surface area contributed by atoms with Crippen molar-refractivity contribution in [2.45, 2.75) is 32.6 Å². The summed E-state index contributed by atoms with van der Waals surface area (Å²) in [6.07, 6.45) is 4.02. The van der Waals surface area contributed by atoms with E-state index >= 15 is 0 Å². The van der Waals surface area contributed by atoms with Gasteiger partial charge in [-0.25, -0.2) is 0 Å². The maximum atomic E-state index is 9.10. The zero-order valence-electron chi connectivity index (χ0n) is 13.3. The number of aliphatic hydroxyl groups is 2. The molecule has 2 aromatic rings. The topological polar surface area (TPSA) is 40.5 Å². The van der Waals surface area contributed by atoms with Crippen molar-refractivity contribution in [2.75, 3.05) is 13.2 Å². The third-order valence-corrected chi connectivity index (χ3v) is 4.14. The molecule has 0 spiro atoms. The van der Waals surface area contributed by atoms with Gasteiger partial charge in [0.15, 0.2) is 0 Å². The third kappa shape index (κ3) is 4.69. The molecule has 2 heteroatoms. The van der Waals surface area contributed by atoms with Crippen molar-refractivity contribution in [1.29, 1.82) is 0 Å². The van der Waals surface area contributed by atoms with E-state index in [1.807, 2.05) is 0 Å². The molecule has 2 N–H and O–H groups in total. The van der Waals surface area contributed by atoms with Crippen LogP contribution >= 0.6 is 0 Å². The molecule has 0 aromatic heterocycles. The Morgan fingerprint density at radius 2 is 1.18 bits per heavy atom. The van der Waals surface area contributed by atoms with Crippen LogP contribution in [0.4, 0.5) is 0 Å². The lowest BCUT2D eigenvalue weighted by Gasteiger charge is -2.11. The lowest BCUT2D eigenvalue weighted by molar-refractivity contribution is 0.144. The summed E-state index contributed by atoms with van der Waals surface area (Å²) < 4.78 is 0. The molecule has 22 heavy (non-hydrogen) atoms. The van der Waals surface area contributed by atoms with Gasteiger partial charge in [0.05, 0.1) is 0 Å². The van der Waals surface area contributed by atoms with Gasteiger partial charge in [0.2, 0.25) is 0 Å².